The number of nitrogens with zero attached hydrogens (tertiary/aromatic N) is 5. The summed E-state index contributed by atoms with van der Waals surface area (Å²) in [6, 6.07) is 22.7. The number of hydrogen-bond acceptors (Lipinski definition) is 6. The van der Waals surface area contributed by atoms with Crippen LogP contribution in [-0.2, 0) is 16.1 Å². The molecule has 6 rings (SSSR count). The third kappa shape index (κ3) is 4.81. The SMILES string of the molecule is Cc1nnc2c3cc(-c4ccccc4)c(-c4ccc(CNC(=O)CN5CCOCC5)cc4)nc3ccn12. The Bertz CT molecular complexity index is 1560. The molecule has 1 aliphatic rings. The molecule has 0 atom stereocenters. The predicted molar refractivity (Wildman–Crippen MR) is 143 cm³/mol. The Morgan fingerprint density at radius 1 is 0.973 bits per heavy atom. The highest BCUT2D eigenvalue weighted by Crippen LogP contribution is 2.34. The van der Waals surface area contributed by atoms with E-state index < -0.39 is 0 Å². The van der Waals surface area contributed by atoms with Gasteiger partial charge in [-0.3, -0.25) is 14.1 Å². The van der Waals surface area contributed by atoms with Gasteiger partial charge in [0.15, 0.2) is 5.65 Å². The standard InChI is InChI=1S/C29H28N6O2/c1-20-32-33-29-25-17-24(22-5-3-2-4-6-22)28(31-26(25)11-12-35(20)29)23-9-7-21(8-10-23)18-30-27(36)19-34-13-15-37-16-14-34/h2-12,17H,13-16,18-19H2,1H3,(H,30,36). The minimum Gasteiger partial charge on any atom is -0.379 e. The zero-order valence-corrected chi connectivity index (χ0v) is 20.7. The van der Waals surface area contributed by atoms with Gasteiger partial charge in [-0.25, -0.2) is 4.98 Å². The van der Waals surface area contributed by atoms with Crippen LogP contribution in [0.5, 0.6) is 0 Å². The van der Waals surface area contributed by atoms with Crippen LogP contribution in [0.25, 0.3) is 38.9 Å². The molecule has 0 bridgehead atoms. The van der Waals surface area contributed by atoms with Gasteiger partial charge in [-0.1, -0.05) is 54.6 Å². The van der Waals surface area contributed by atoms with Crippen molar-refractivity contribution < 1.29 is 9.53 Å². The Hall–Kier alpha value is -4.14. The van der Waals surface area contributed by atoms with Gasteiger partial charge in [-0.05, 0) is 30.2 Å². The molecular weight excluding hydrogens is 464 g/mol. The second-order valence-corrected chi connectivity index (χ2v) is 9.30. The van der Waals surface area contributed by atoms with Crippen molar-refractivity contribution in [2.24, 2.45) is 0 Å². The van der Waals surface area contributed by atoms with E-state index in [1.807, 2.05) is 41.8 Å². The summed E-state index contributed by atoms with van der Waals surface area (Å²) in [7, 11) is 0. The van der Waals surface area contributed by atoms with Crippen molar-refractivity contribution in [1.29, 1.82) is 0 Å². The van der Waals surface area contributed by atoms with E-state index in [0.29, 0.717) is 26.3 Å². The van der Waals surface area contributed by atoms with E-state index in [4.69, 9.17) is 9.72 Å². The van der Waals surface area contributed by atoms with E-state index in [1.54, 1.807) is 0 Å². The molecule has 1 fully saturated rings. The molecular formula is C29H28N6O2. The Morgan fingerprint density at radius 3 is 2.54 bits per heavy atom. The molecule has 0 radical (unpaired) electrons. The number of ether oxygens (including phenoxy) is 1. The van der Waals surface area contributed by atoms with Gasteiger partial charge in [0, 0.05) is 42.3 Å². The van der Waals surface area contributed by atoms with E-state index >= 15 is 0 Å². The number of carbonyl (C=O) groups is 1. The number of carbonyl (C=O) groups excluding carboxylic acids is 1. The number of aryl methyl sites for hydroxylation is 1. The normalized spacial score (nSPS) is 14.3. The number of amides is 1. The largest absolute Gasteiger partial charge is 0.379 e. The second-order valence-electron chi connectivity index (χ2n) is 9.30. The monoisotopic (exact) mass is 492 g/mol. The first-order valence-electron chi connectivity index (χ1n) is 12.5. The average Bonchev–Trinajstić information content (AvgIpc) is 3.33. The van der Waals surface area contributed by atoms with Gasteiger partial charge in [0.25, 0.3) is 0 Å². The molecule has 8 heteroatoms. The first-order valence-corrected chi connectivity index (χ1v) is 12.5. The second kappa shape index (κ2) is 10.1. The highest BCUT2D eigenvalue weighted by molar-refractivity contribution is 5.98. The van der Waals surface area contributed by atoms with Crippen molar-refractivity contribution in [3.63, 3.8) is 0 Å². The summed E-state index contributed by atoms with van der Waals surface area (Å²) in [5.41, 5.74) is 6.76. The Balaban J connectivity index is 1.29. The number of hydrogen-bond donors (Lipinski definition) is 1. The van der Waals surface area contributed by atoms with Crippen LogP contribution in [0.2, 0.25) is 0 Å². The lowest BCUT2D eigenvalue weighted by Gasteiger charge is -2.25. The van der Waals surface area contributed by atoms with Gasteiger partial charge < -0.3 is 10.1 Å². The molecule has 2 aromatic carbocycles. The predicted octanol–water partition coefficient (Wildman–Crippen LogP) is 3.87. The quantitative estimate of drug-likeness (QED) is 0.387. The summed E-state index contributed by atoms with van der Waals surface area (Å²) in [6.45, 7) is 5.81. The third-order valence-electron chi connectivity index (χ3n) is 6.81. The lowest BCUT2D eigenvalue weighted by Crippen LogP contribution is -2.43. The number of aromatic nitrogens is 4. The molecule has 1 saturated heterocycles. The van der Waals surface area contributed by atoms with Crippen LogP contribution >= 0.6 is 0 Å². The Kier molecular flexibility index (Phi) is 6.34. The highest BCUT2D eigenvalue weighted by Gasteiger charge is 2.16. The summed E-state index contributed by atoms with van der Waals surface area (Å²) in [5, 5.41) is 12.6. The fourth-order valence-electron chi connectivity index (χ4n) is 4.77. The van der Waals surface area contributed by atoms with E-state index in [2.05, 4.69) is 62.9 Å². The number of fused-ring (bicyclic) bond motifs is 3. The number of benzene rings is 2. The third-order valence-corrected chi connectivity index (χ3v) is 6.81. The molecule has 0 unspecified atom stereocenters. The van der Waals surface area contributed by atoms with Gasteiger partial charge in [-0.2, -0.15) is 0 Å². The Labute approximate surface area is 214 Å². The van der Waals surface area contributed by atoms with Gasteiger partial charge in [0.1, 0.15) is 5.82 Å². The van der Waals surface area contributed by atoms with Crippen molar-refractivity contribution in [2.45, 2.75) is 13.5 Å². The van der Waals surface area contributed by atoms with E-state index in [9.17, 15) is 4.79 Å². The van der Waals surface area contributed by atoms with Crippen LogP contribution in [0.4, 0.5) is 0 Å². The summed E-state index contributed by atoms with van der Waals surface area (Å²) >= 11 is 0. The lowest BCUT2D eigenvalue weighted by atomic mass is 9.97. The lowest BCUT2D eigenvalue weighted by molar-refractivity contribution is -0.123. The van der Waals surface area contributed by atoms with Gasteiger partial charge in [0.05, 0.1) is 31.0 Å². The van der Waals surface area contributed by atoms with Crippen molar-refractivity contribution >= 4 is 22.5 Å². The van der Waals surface area contributed by atoms with E-state index in [0.717, 1.165) is 63.4 Å². The maximum absolute atomic E-state index is 12.4. The van der Waals surface area contributed by atoms with Crippen LogP contribution in [-0.4, -0.2) is 63.2 Å². The molecule has 1 aliphatic heterocycles. The molecule has 3 aromatic heterocycles. The minimum absolute atomic E-state index is 0.0311. The number of rotatable bonds is 6. The maximum atomic E-state index is 12.4. The molecule has 0 spiro atoms. The van der Waals surface area contributed by atoms with Crippen molar-refractivity contribution in [2.75, 3.05) is 32.8 Å². The zero-order valence-electron chi connectivity index (χ0n) is 20.7. The maximum Gasteiger partial charge on any atom is 0.234 e. The fourth-order valence-corrected chi connectivity index (χ4v) is 4.77. The molecule has 4 heterocycles. The van der Waals surface area contributed by atoms with Crippen molar-refractivity contribution in [1.82, 2.24) is 29.8 Å². The van der Waals surface area contributed by atoms with E-state index in [-0.39, 0.29) is 5.91 Å². The number of morpholine rings is 1. The Morgan fingerprint density at radius 2 is 1.76 bits per heavy atom. The van der Waals surface area contributed by atoms with Gasteiger partial charge >= 0.3 is 0 Å². The molecule has 37 heavy (non-hydrogen) atoms. The van der Waals surface area contributed by atoms with Crippen LogP contribution < -0.4 is 5.32 Å². The van der Waals surface area contributed by atoms with Crippen LogP contribution in [0, 0.1) is 6.92 Å². The molecule has 5 aromatic rings. The number of pyridine rings is 2. The first kappa shape index (κ1) is 23.3. The first-order chi connectivity index (χ1) is 18.2. The van der Waals surface area contributed by atoms with Gasteiger partial charge in [0.2, 0.25) is 5.91 Å². The molecule has 1 N–H and O–H groups in total. The summed E-state index contributed by atoms with van der Waals surface area (Å²) in [5.74, 6) is 0.874. The van der Waals surface area contributed by atoms with Crippen LogP contribution in [0.3, 0.4) is 0 Å². The average molecular weight is 493 g/mol. The van der Waals surface area contributed by atoms with E-state index in [1.165, 1.54) is 0 Å². The molecule has 8 nitrogen and oxygen atoms in total. The molecule has 0 saturated carbocycles. The fraction of sp³-hybridized carbons (Fsp3) is 0.241. The van der Waals surface area contributed by atoms with Crippen molar-refractivity contribution in [3.05, 3.63) is 84.3 Å². The minimum atomic E-state index is 0.0311. The van der Waals surface area contributed by atoms with Crippen LogP contribution in [0.15, 0.2) is 72.9 Å². The smallest absolute Gasteiger partial charge is 0.234 e. The highest BCUT2D eigenvalue weighted by atomic mass is 16.5. The van der Waals surface area contributed by atoms with Crippen LogP contribution in [0.1, 0.15) is 11.4 Å². The molecule has 0 aliphatic carbocycles. The zero-order chi connectivity index (χ0) is 25.2. The van der Waals surface area contributed by atoms with Crippen molar-refractivity contribution in [3.8, 4) is 22.4 Å². The van der Waals surface area contributed by atoms with Gasteiger partial charge in [-0.15, -0.1) is 10.2 Å². The number of nitrogens with one attached hydrogen (secondary N) is 1. The summed E-state index contributed by atoms with van der Waals surface area (Å²) in [6.07, 6.45) is 1.97. The topological polar surface area (TPSA) is 84.7 Å². The molecule has 186 valence electrons. The summed E-state index contributed by atoms with van der Waals surface area (Å²) in [4.78, 5) is 19.6. The molecule has 1 amide bonds. The summed E-state index contributed by atoms with van der Waals surface area (Å²) < 4.78 is 7.34.